The molecule has 1 amide bonds. The van der Waals surface area contributed by atoms with Gasteiger partial charge in [-0.3, -0.25) is 9.79 Å². The Morgan fingerprint density at radius 3 is 2.09 bits per heavy atom. The second-order valence-corrected chi connectivity index (χ2v) is 5.63. The first-order valence-corrected chi connectivity index (χ1v) is 7.69. The number of benzene rings is 2. The summed E-state index contributed by atoms with van der Waals surface area (Å²) in [5, 5.41) is 0. The summed E-state index contributed by atoms with van der Waals surface area (Å²) in [6.45, 7) is 0.830. The van der Waals surface area contributed by atoms with Crippen molar-refractivity contribution in [2.75, 3.05) is 13.6 Å². The van der Waals surface area contributed by atoms with Gasteiger partial charge in [0.15, 0.2) is 0 Å². The number of hydrogen-bond donors (Lipinski definition) is 0. The molecule has 1 heterocycles. The molecule has 2 aromatic carbocycles. The van der Waals surface area contributed by atoms with Crippen LogP contribution in [0.15, 0.2) is 65.7 Å². The van der Waals surface area contributed by atoms with Crippen molar-refractivity contribution in [2.24, 2.45) is 4.99 Å². The Balaban J connectivity index is 2.02. The van der Waals surface area contributed by atoms with Gasteiger partial charge in [-0.05, 0) is 12.8 Å². The molecule has 0 aliphatic carbocycles. The topological polar surface area (TPSA) is 32.7 Å². The van der Waals surface area contributed by atoms with Crippen molar-refractivity contribution in [3.8, 4) is 0 Å². The van der Waals surface area contributed by atoms with Gasteiger partial charge >= 0.3 is 0 Å². The van der Waals surface area contributed by atoms with Gasteiger partial charge in [0, 0.05) is 24.7 Å². The standard InChI is InChI=1S/C19H20N2O/c1-21-14-8-13-17(19(21)22)20-18(15-9-4-2-5-10-15)16-11-6-3-7-12-16/h2-7,9-12,17H,8,13-14H2,1H3. The first-order valence-electron chi connectivity index (χ1n) is 7.69. The molecule has 3 heteroatoms. The highest BCUT2D eigenvalue weighted by molar-refractivity contribution is 6.13. The molecule has 1 atom stereocenters. The summed E-state index contributed by atoms with van der Waals surface area (Å²) in [5.74, 6) is 0.121. The van der Waals surface area contributed by atoms with Crippen LogP contribution in [0.5, 0.6) is 0 Å². The van der Waals surface area contributed by atoms with Crippen LogP contribution in [0.4, 0.5) is 0 Å². The molecule has 112 valence electrons. The highest BCUT2D eigenvalue weighted by atomic mass is 16.2. The van der Waals surface area contributed by atoms with Gasteiger partial charge in [-0.15, -0.1) is 0 Å². The molecule has 3 rings (SSSR count). The van der Waals surface area contributed by atoms with Crippen molar-refractivity contribution in [1.29, 1.82) is 0 Å². The van der Waals surface area contributed by atoms with Crippen molar-refractivity contribution in [2.45, 2.75) is 18.9 Å². The van der Waals surface area contributed by atoms with E-state index < -0.39 is 0 Å². The van der Waals surface area contributed by atoms with Crippen LogP contribution in [0.1, 0.15) is 24.0 Å². The SMILES string of the molecule is CN1CCCC(N=C(c2ccccc2)c2ccccc2)C1=O. The largest absolute Gasteiger partial charge is 0.344 e. The van der Waals surface area contributed by atoms with E-state index in [4.69, 9.17) is 4.99 Å². The maximum atomic E-state index is 12.3. The number of carbonyl (C=O) groups excluding carboxylic acids is 1. The maximum Gasteiger partial charge on any atom is 0.247 e. The average Bonchev–Trinajstić information content (AvgIpc) is 2.58. The first-order chi connectivity index (χ1) is 10.8. The van der Waals surface area contributed by atoms with Gasteiger partial charge in [0.25, 0.3) is 0 Å². The Labute approximate surface area is 131 Å². The van der Waals surface area contributed by atoms with Crippen LogP contribution < -0.4 is 0 Å². The molecule has 1 fully saturated rings. The van der Waals surface area contributed by atoms with Gasteiger partial charge in [-0.25, -0.2) is 0 Å². The van der Waals surface area contributed by atoms with E-state index in [9.17, 15) is 4.79 Å². The summed E-state index contributed by atoms with van der Waals surface area (Å²) in [6, 6.07) is 19.9. The fourth-order valence-corrected chi connectivity index (χ4v) is 2.79. The van der Waals surface area contributed by atoms with Gasteiger partial charge in [-0.1, -0.05) is 60.7 Å². The fraction of sp³-hybridized carbons (Fsp3) is 0.263. The number of piperidine rings is 1. The number of aliphatic imine (C=N–C) groups is 1. The van der Waals surface area contributed by atoms with Crippen LogP contribution in [-0.4, -0.2) is 36.2 Å². The normalized spacial score (nSPS) is 18.1. The molecule has 0 bridgehead atoms. The Bertz CT molecular complexity index is 623. The number of hydrogen-bond acceptors (Lipinski definition) is 2. The second kappa shape index (κ2) is 6.56. The molecular weight excluding hydrogens is 272 g/mol. The van der Waals surface area contributed by atoms with Crippen LogP contribution in [-0.2, 0) is 4.79 Å². The van der Waals surface area contributed by atoms with Crippen LogP contribution in [0.2, 0.25) is 0 Å². The molecule has 0 spiro atoms. The van der Waals surface area contributed by atoms with Crippen molar-refractivity contribution in [3.63, 3.8) is 0 Å². The highest BCUT2D eigenvalue weighted by Gasteiger charge is 2.26. The Hall–Kier alpha value is -2.42. The van der Waals surface area contributed by atoms with E-state index in [1.807, 2.05) is 67.7 Å². The number of likely N-dealkylation sites (N-methyl/N-ethyl adjacent to an activating group) is 1. The molecule has 22 heavy (non-hydrogen) atoms. The van der Waals surface area contributed by atoms with Gasteiger partial charge in [0.1, 0.15) is 6.04 Å². The van der Waals surface area contributed by atoms with Crippen molar-refractivity contribution < 1.29 is 4.79 Å². The lowest BCUT2D eigenvalue weighted by atomic mass is 10.00. The minimum atomic E-state index is -0.269. The zero-order valence-corrected chi connectivity index (χ0v) is 12.8. The summed E-state index contributed by atoms with van der Waals surface area (Å²) < 4.78 is 0. The van der Waals surface area contributed by atoms with Crippen LogP contribution in [0.25, 0.3) is 0 Å². The molecule has 3 nitrogen and oxygen atoms in total. The lowest BCUT2D eigenvalue weighted by Gasteiger charge is -2.27. The molecule has 0 saturated carbocycles. The summed E-state index contributed by atoms with van der Waals surface area (Å²) in [5.41, 5.74) is 3.00. The van der Waals surface area contributed by atoms with Crippen molar-refractivity contribution >= 4 is 11.6 Å². The third kappa shape index (κ3) is 3.08. The molecule has 1 aliphatic rings. The van der Waals surface area contributed by atoms with E-state index >= 15 is 0 Å². The maximum absolute atomic E-state index is 12.3. The van der Waals surface area contributed by atoms with Crippen molar-refractivity contribution in [3.05, 3.63) is 71.8 Å². The predicted octanol–water partition coefficient (Wildman–Crippen LogP) is 3.14. The Morgan fingerprint density at radius 1 is 1.00 bits per heavy atom. The summed E-state index contributed by atoms with van der Waals surface area (Å²) in [6.07, 6.45) is 1.83. The van der Waals surface area contributed by atoms with Gasteiger partial charge in [0.2, 0.25) is 5.91 Å². The Kier molecular flexibility index (Phi) is 4.33. The monoisotopic (exact) mass is 292 g/mol. The quantitative estimate of drug-likeness (QED) is 0.800. The van der Waals surface area contributed by atoms with Crippen LogP contribution >= 0.6 is 0 Å². The fourth-order valence-electron chi connectivity index (χ4n) is 2.79. The van der Waals surface area contributed by atoms with Gasteiger partial charge < -0.3 is 4.90 Å². The highest BCUT2D eigenvalue weighted by Crippen LogP contribution is 2.18. The average molecular weight is 292 g/mol. The molecule has 0 N–H and O–H groups in total. The zero-order chi connectivity index (χ0) is 15.4. The lowest BCUT2D eigenvalue weighted by Crippen LogP contribution is -2.41. The number of likely N-dealkylation sites (tertiary alicyclic amines) is 1. The van der Waals surface area contributed by atoms with Crippen LogP contribution in [0.3, 0.4) is 0 Å². The molecule has 1 aliphatic heterocycles. The molecule has 2 aromatic rings. The van der Waals surface area contributed by atoms with E-state index in [1.165, 1.54) is 0 Å². The smallest absolute Gasteiger partial charge is 0.247 e. The Morgan fingerprint density at radius 2 is 1.55 bits per heavy atom. The minimum absolute atomic E-state index is 0.121. The van der Waals surface area contributed by atoms with Gasteiger partial charge in [-0.2, -0.15) is 0 Å². The third-order valence-electron chi connectivity index (χ3n) is 4.01. The molecule has 1 saturated heterocycles. The summed E-state index contributed by atoms with van der Waals surface area (Å²) in [7, 11) is 1.86. The molecular formula is C19H20N2O. The molecule has 0 radical (unpaired) electrons. The third-order valence-corrected chi connectivity index (χ3v) is 4.01. The predicted molar refractivity (Wildman–Crippen MR) is 89.2 cm³/mol. The van der Waals surface area contributed by atoms with Crippen LogP contribution in [0, 0.1) is 0 Å². The van der Waals surface area contributed by atoms with E-state index in [-0.39, 0.29) is 11.9 Å². The lowest BCUT2D eigenvalue weighted by molar-refractivity contribution is -0.133. The van der Waals surface area contributed by atoms with E-state index in [2.05, 4.69) is 0 Å². The first kappa shape index (κ1) is 14.5. The number of carbonyl (C=O) groups is 1. The van der Waals surface area contributed by atoms with E-state index in [0.717, 1.165) is 36.2 Å². The van der Waals surface area contributed by atoms with E-state index in [1.54, 1.807) is 4.90 Å². The summed E-state index contributed by atoms with van der Waals surface area (Å²) in [4.78, 5) is 19.0. The minimum Gasteiger partial charge on any atom is -0.344 e. The summed E-state index contributed by atoms with van der Waals surface area (Å²) >= 11 is 0. The van der Waals surface area contributed by atoms with E-state index in [0.29, 0.717) is 0 Å². The molecule has 1 unspecified atom stereocenters. The number of nitrogens with zero attached hydrogens (tertiary/aromatic N) is 2. The van der Waals surface area contributed by atoms with Gasteiger partial charge in [0.05, 0.1) is 5.71 Å². The van der Waals surface area contributed by atoms with Crippen molar-refractivity contribution in [1.82, 2.24) is 4.90 Å². The second-order valence-electron chi connectivity index (χ2n) is 5.63. The molecule has 0 aromatic heterocycles. The number of amides is 1. The number of rotatable bonds is 3. The zero-order valence-electron chi connectivity index (χ0n) is 12.8.